The molecule has 2 N–H and O–H groups in total. The number of hydrogen-bond donors (Lipinski definition) is 2. The summed E-state index contributed by atoms with van der Waals surface area (Å²) in [6.45, 7) is 1.68. The van der Waals surface area contributed by atoms with E-state index in [1.807, 2.05) is 18.7 Å². The first-order valence-electron chi connectivity index (χ1n) is 7.26. The van der Waals surface area contributed by atoms with Crippen molar-refractivity contribution in [2.24, 2.45) is 4.99 Å². The Labute approximate surface area is 156 Å². The summed E-state index contributed by atoms with van der Waals surface area (Å²) in [4.78, 5) is 16.3. The van der Waals surface area contributed by atoms with E-state index in [-0.39, 0.29) is 30.5 Å². The van der Waals surface area contributed by atoms with Crippen molar-refractivity contribution in [1.29, 1.82) is 0 Å². The fraction of sp³-hybridized carbons (Fsp3) is 0.846. The van der Waals surface area contributed by atoms with E-state index in [0.29, 0.717) is 22.7 Å². The summed E-state index contributed by atoms with van der Waals surface area (Å²) < 4.78 is 36.7. The van der Waals surface area contributed by atoms with Crippen LogP contribution in [0.3, 0.4) is 0 Å². The molecule has 1 saturated heterocycles. The van der Waals surface area contributed by atoms with Gasteiger partial charge in [0.2, 0.25) is 5.91 Å². The summed E-state index contributed by atoms with van der Waals surface area (Å²) in [6.07, 6.45) is -2.05. The van der Waals surface area contributed by atoms with E-state index >= 15 is 0 Å². The first-order chi connectivity index (χ1) is 10.3. The van der Waals surface area contributed by atoms with Crippen LogP contribution in [0.5, 0.6) is 0 Å². The van der Waals surface area contributed by atoms with Gasteiger partial charge in [-0.3, -0.25) is 4.79 Å². The SMILES string of the molecule is CCNC(=NCC(=O)N(C)CC(F)(F)F)NCC1CCCS1.I. The van der Waals surface area contributed by atoms with Gasteiger partial charge in [-0.05, 0) is 25.5 Å². The zero-order valence-electron chi connectivity index (χ0n) is 13.3. The standard InChI is InChI=1S/C13H23F3N4OS.HI/c1-3-17-12(18-7-10-5-4-6-22-10)19-8-11(21)20(2)9-13(14,15)16;/h10H,3-9H2,1-2H3,(H2,17,18,19);1H. The number of likely N-dealkylation sites (N-methyl/N-ethyl adjacent to an activating group) is 1. The normalized spacial score (nSPS) is 18.3. The Balaban J connectivity index is 0.00000484. The fourth-order valence-electron chi connectivity index (χ4n) is 1.98. The minimum atomic E-state index is -4.39. The van der Waals surface area contributed by atoms with Gasteiger partial charge < -0.3 is 15.5 Å². The molecule has 0 bridgehead atoms. The van der Waals surface area contributed by atoms with Crippen LogP contribution in [0.4, 0.5) is 13.2 Å². The van der Waals surface area contributed by atoms with Crippen LogP contribution in [0.1, 0.15) is 19.8 Å². The molecular weight excluding hydrogens is 444 g/mol. The molecule has 0 radical (unpaired) electrons. The average molecular weight is 468 g/mol. The number of carbonyl (C=O) groups is 1. The highest BCUT2D eigenvalue weighted by Gasteiger charge is 2.31. The molecule has 1 heterocycles. The first kappa shape index (κ1) is 22.6. The van der Waals surface area contributed by atoms with E-state index < -0.39 is 18.6 Å². The Bertz CT molecular complexity index is 390. The number of alkyl halides is 3. The molecule has 1 aliphatic heterocycles. The summed E-state index contributed by atoms with van der Waals surface area (Å²) in [6, 6.07) is 0. The molecule has 10 heteroatoms. The Morgan fingerprint density at radius 3 is 2.61 bits per heavy atom. The van der Waals surface area contributed by atoms with Crippen molar-refractivity contribution in [2.75, 3.05) is 39.0 Å². The minimum absolute atomic E-state index is 0. The van der Waals surface area contributed by atoms with Gasteiger partial charge in [0.1, 0.15) is 13.1 Å². The van der Waals surface area contributed by atoms with Gasteiger partial charge in [0.25, 0.3) is 0 Å². The zero-order chi connectivity index (χ0) is 16.6. The lowest BCUT2D eigenvalue weighted by atomic mass is 10.2. The second kappa shape index (κ2) is 11.2. The van der Waals surface area contributed by atoms with E-state index in [1.165, 1.54) is 6.42 Å². The van der Waals surface area contributed by atoms with Crippen molar-refractivity contribution >= 4 is 47.6 Å². The topological polar surface area (TPSA) is 56.7 Å². The third-order valence-electron chi connectivity index (χ3n) is 3.08. The number of rotatable bonds is 6. The molecule has 1 rings (SSSR count). The molecular formula is C13H24F3IN4OS. The highest BCUT2D eigenvalue weighted by Crippen LogP contribution is 2.25. The predicted octanol–water partition coefficient (Wildman–Crippen LogP) is 2.08. The van der Waals surface area contributed by atoms with E-state index in [1.54, 1.807) is 0 Å². The molecule has 0 aromatic rings. The van der Waals surface area contributed by atoms with Gasteiger partial charge in [0.15, 0.2) is 5.96 Å². The number of thioether (sulfide) groups is 1. The summed E-state index contributed by atoms with van der Waals surface area (Å²) in [5.41, 5.74) is 0. The first-order valence-corrected chi connectivity index (χ1v) is 8.31. The number of hydrogen-bond acceptors (Lipinski definition) is 3. The van der Waals surface area contributed by atoms with Crippen LogP contribution < -0.4 is 10.6 Å². The Morgan fingerprint density at radius 1 is 1.39 bits per heavy atom. The third-order valence-corrected chi connectivity index (χ3v) is 4.48. The van der Waals surface area contributed by atoms with Crippen molar-refractivity contribution in [3.05, 3.63) is 0 Å². The van der Waals surface area contributed by atoms with Crippen molar-refractivity contribution in [2.45, 2.75) is 31.2 Å². The number of carbonyl (C=O) groups excluding carboxylic acids is 1. The van der Waals surface area contributed by atoms with Crippen LogP contribution in [0.25, 0.3) is 0 Å². The maximum atomic E-state index is 12.2. The number of nitrogens with zero attached hydrogens (tertiary/aromatic N) is 2. The molecule has 1 unspecified atom stereocenters. The second-order valence-corrected chi connectivity index (χ2v) is 6.48. The summed E-state index contributed by atoms with van der Waals surface area (Å²) in [5, 5.41) is 6.64. The van der Waals surface area contributed by atoms with Crippen molar-refractivity contribution in [3.8, 4) is 0 Å². The Kier molecular flexibility index (Phi) is 11.0. The predicted molar refractivity (Wildman–Crippen MR) is 98.6 cm³/mol. The van der Waals surface area contributed by atoms with Crippen molar-refractivity contribution in [3.63, 3.8) is 0 Å². The lowest BCUT2D eigenvalue weighted by Gasteiger charge is -2.18. The van der Waals surface area contributed by atoms with Crippen LogP contribution >= 0.6 is 35.7 Å². The third kappa shape index (κ3) is 10.2. The molecule has 136 valence electrons. The van der Waals surface area contributed by atoms with Gasteiger partial charge in [0.05, 0.1) is 0 Å². The van der Waals surface area contributed by atoms with Crippen LogP contribution in [0.2, 0.25) is 0 Å². The highest BCUT2D eigenvalue weighted by atomic mass is 127. The Morgan fingerprint density at radius 2 is 2.09 bits per heavy atom. The minimum Gasteiger partial charge on any atom is -0.357 e. The van der Waals surface area contributed by atoms with Gasteiger partial charge in [-0.2, -0.15) is 24.9 Å². The quantitative estimate of drug-likeness (QED) is 0.356. The number of halogens is 4. The number of nitrogens with one attached hydrogen (secondary N) is 2. The molecule has 1 atom stereocenters. The molecule has 0 aliphatic carbocycles. The summed E-state index contributed by atoms with van der Waals surface area (Å²) in [7, 11) is 1.13. The van der Waals surface area contributed by atoms with E-state index in [2.05, 4.69) is 15.6 Å². The monoisotopic (exact) mass is 468 g/mol. The molecule has 23 heavy (non-hydrogen) atoms. The highest BCUT2D eigenvalue weighted by molar-refractivity contribution is 14.0. The molecule has 5 nitrogen and oxygen atoms in total. The van der Waals surface area contributed by atoms with E-state index in [0.717, 1.165) is 25.8 Å². The second-order valence-electron chi connectivity index (χ2n) is 5.08. The van der Waals surface area contributed by atoms with Crippen LogP contribution in [0.15, 0.2) is 4.99 Å². The number of guanidine groups is 1. The maximum Gasteiger partial charge on any atom is 0.406 e. The van der Waals surface area contributed by atoms with E-state index in [9.17, 15) is 18.0 Å². The van der Waals surface area contributed by atoms with Crippen molar-refractivity contribution < 1.29 is 18.0 Å². The Hall–Kier alpha value is -0.390. The molecule has 0 aromatic heterocycles. The lowest BCUT2D eigenvalue weighted by molar-refractivity contribution is -0.157. The number of amides is 1. The molecule has 1 amide bonds. The largest absolute Gasteiger partial charge is 0.406 e. The van der Waals surface area contributed by atoms with Gasteiger partial charge >= 0.3 is 6.18 Å². The van der Waals surface area contributed by atoms with Gasteiger partial charge in [-0.15, -0.1) is 24.0 Å². The van der Waals surface area contributed by atoms with E-state index in [4.69, 9.17) is 0 Å². The molecule has 1 fully saturated rings. The molecule has 0 aromatic carbocycles. The van der Waals surface area contributed by atoms with Gasteiger partial charge in [-0.25, -0.2) is 4.99 Å². The molecule has 0 saturated carbocycles. The molecule has 0 spiro atoms. The summed E-state index contributed by atoms with van der Waals surface area (Å²) in [5.74, 6) is 0.953. The van der Waals surface area contributed by atoms with Crippen LogP contribution in [0, 0.1) is 0 Å². The summed E-state index contributed by atoms with van der Waals surface area (Å²) >= 11 is 1.89. The fourth-order valence-corrected chi connectivity index (χ4v) is 3.18. The van der Waals surface area contributed by atoms with Crippen molar-refractivity contribution in [1.82, 2.24) is 15.5 Å². The average Bonchev–Trinajstić information content (AvgIpc) is 2.92. The van der Waals surface area contributed by atoms with Crippen LogP contribution in [-0.2, 0) is 4.79 Å². The zero-order valence-corrected chi connectivity index (χ0v) is 16.4. The van der Waals surface area contributed by atoms with Gasteiger partial charge in [-0.1, -0.05) is 0 Å². The van der Waals surface area contributed by atoms with Crippen LogP contribution in [-0.4, -0.2) is 67.2 Å². The lowest BCUT2D eigenvalue weighted by Crippen LogP contribution is -2.42. The molecule has 1 aliphatic rings. The number of aliphatic imine (C=N–C) groups is 1. The smallest absolute Gasteiger partial charge is 0.357 e. The van der Waals surface area contributed by atoms with Gasteiger partial charge in [0, 0.05) is 25.4 Å². The maximum absolute atomic E-state index is 12.2.